The molecule has 0 saturated heterocycles. The highest BCUT2D eigenvalue weighted by atomic mass is 15.2. The van der Waals surface area contributed by atoms with E-state index in [9.17, 15) is 0 Å². The first-order chi connectivity index (χ1) is 8.85. The zero-order valence-corrected chi connectivity index (χ0v) is 10.2. The van der Waals surface area contributed by atoms with Crippen LogP contribution in [0.2, 0.25) is 0 Å². The standard InChI is InChI=1S/C13H15N5/c1-2-11-15-6-8-18(11)13-10(9-14)17-7-4-3-5-12(17)16-13/h3-8H,2,9,14H2,1H3. The molecule has 0 fully saturated rings. The molecule has 0 aromatic carbocycles. The van der Waals surface area contributed by atoms with E-state index in [-0.39, 0.29) is 0 Å². The smallest absolute Gasteiger partial charge is 0.161 e. The van der Waals surface area contributed by atoms with E-state index >= 15 is 0 Å². The number of hydrogen-bond donors (Lipinski definition) is 1. The van der Waals surface area contributed by atoms with Crippen LogP contribution in [0.3, 0.4) is 0 Å². The second-order valence-electron chi connectivity index (χ2n) is 4.08. The first-order valence-electron chi connectivity index (χ1n) is 6.03. The minimum Gasteiger partial charge on any atom is -0.325 e. The minimum atomic E-state index is 0.446. The van der Waals surface area contributed by atoms with E-state index in [2.05, 4.69) is 16.9 Å². The van der Waals surface area contributed by atoms with Gasteiger partial charge in [0.25, 0.3) is 0 Å². The van der Waals surface area contributed by atoms with E-state index in [4.69, 9.17) is 5.73 Å². The highest BCUT2D eigenvalue weighted by Gasteiger charge is 2.14. The van der Waals surface area contributed by atoms with Crippen LogP contribution in [0, 0.1) is 0 Å². The number of nitrogens with two attached hydrogens (primary N) is 1. The van der Waals surface area contributed by atoms with Crippen molar-refractivity contribution in [2.75, 3.05) is 0 Å². The van der Waals surface area contributed by atoms with Crippen LogP contribution < -0.4 is 5.73 Å². The number of hydrogen-bond acceptors (Lipinski definition) is 3. The summed E-state index contributed by atoms with van der Waals surface area (Å²) in [4.78, 5) is 8.97. The number of rotatable bonds is 3. The summed E-state index contributed by atoms with van der Waals surface area (Å²) in [5, 5.41) is 0. The van der Waals surface area contributed by atoms with Crippen molar-refractivity contribution >= 4 is 5.65 Å². The average Bonchev–Trinajstić information content (AvgIpc) is 3.01. The van der Waals surface area contributed by atoms with Gasteiger partial charge < -0.3 is 10.1 Å². The molecule has 92 valence electrons. The molecule has 3 heterocycles. The molecule has 0 spiro atoms. The third kappa shape index (κ3) is 1.52. The fraction of sp³-hybridized carbons (Fsp3) is 0.231. The number of fused-ring (bicyclic) bond motifs is 1. The van der Waals surface area contributed by atoms with Crippen LogP contribution in [-0.2, 0) is 13.0 Å². The second-order valence-corrected chi connectivity index (χ2v) is 4.08. The minimum absolute atomic E-state index is 0.446. The van der Waals surface area contributed by atoms with E-state index in [1.807, 2.05) is 39.6 Å². The third-order valence-corrected chi connectivity index (χ3v) is 3.06. The summed E-state index contributed by atoms with van der Waals surface area (Å²) >= 11 is 0. The molecule has 5 nitrogen and oxygen atoms in total. The lowest BCUT2D eigenvalue weighted by Gasteiger charge is -2.05. The van der Waals surface area contributed by atoms with Crippen LogP contribution in [0.25, 0.3) is 11.5 Å². The summed E-state index contributed by atoms with van der Waals surface area (Å²) in [6.45, 7) is 2.53. The first kappa shape index (κ1) is 11.0. The maximum Gasteiger partial charge on any atom is 0.161 e. The molecule has 0 aliphatic rings. The Balaban J connectivity index is 2.29. The van der Waals surface area contributed by atoms with Crippen LogP contribution in [-0.4, -0.2) is 18.9 Å². The van der Waals surface area contributed by atoms with Crippen molar-refractivity contribution in [1.29, 1.82) is 0 Å². The first-order valence-corrected chi connectivity index (χ1v) is 6.03. The van der Waals surface area contributed by atoms with Gasteiger partial charge in [-0.3, -0.25) is 4.57 Å². The number of pyridine rings is 1. The molecule has 18 heavy (non-hydrogen) atoms. The lowest BCUT2D eigenvalue weighted by molar-refractivity contribution is 0.847. The lowest BCUT2D eigenvalue weighted by atomic mass is 10.4. The van der Waals surface area contributed by atoms with Crippen molar-refractivity contribution in [3.63, 3.8) is 0 Å². The Morgan fingerprint density at radius 1 is 1.28 bits per heavy atom. The molecule has 0 aliphatic carbocycles. The summed E-state index contributed by atoms with van der Waals surface area (Å²) in [6, 6.07) is 5.93. The average molecular weight is 241 g/mol. The molecule has 5 heteroatoms. The lowest BCUT2D eigenvalue weighted by Crippen LogP contribution is -2.07. The molecule has 2 N–H and O–H groups in total. The van der Waals surface area contributed by atoms with Gasteiger partial charge in [-0.05, 0) is 12.1 Å². The summed E-state index contributed by atoms with van der Waals surface area (Å²) in [7, 11) is 0. The normalized spacial score (nSPS) is 11.2. The van der Waals surface area contributed by atoms with E-state index in [0.29, 0.717) is 6.54 Å². The Hall–Kier alpha value is -2.14. The van der Waals surface area contributed by atoms with Crippen molar-refractivity contribution in [3.8, 4) is 5.82 Å². The highest BCUT2D eigenvalue weighted by Crippen LogP contribution is 2.18. The van der Waals surface area contributed by atoms with Crippen LogP contribution in [0.1, 0.15) is 18.4 Å². The monoisotopic (exact) mass is 241 g/mol. The van der Waals surface area contributed by atoms with Gasteiger partial charge in [-0.2, -0.15) is 0 Å². The topological polar surface area (TPSA) is 61.1 Å². The molecule has 3 aromatic heterocycles. The molecular weight excluding hydrogens is 226 g/mol. The number of aryl methyl sites for hydroxylation is 1. The highest BCUT2D eigenvalue weighted by molar-refractivity contribution is 5.49. The Kier molecular flexibility index (Phi) is 2.60. The Labute approximate surface area is 105 Å². The Bertz CT molecular complexity index is 680. The second kappa shape index (κ2) is 4.27. The molecule has 0 atom stereocenters. The zero-order valence-electron chi connectivity index (χ0n) is 10.2. The number of imidazole rings is 2. The van der Waals surface area contributed by atoms with Gasteiger partial charge in [0.2, 0.25) is 0 Å². The predicted molar refractivity (Wildman–Crippen MR) is 69.6 cm³/mol. The molecule has 3 rings (SSSR count). The number of aromatic nitrogens is 4. The van der Waals surface area contributed by atoms with E-state index in [1.54, 1.807) is 6.20 Å². The predicted octanol–water partition coefficient (Wildman–Crippen LogP) is 1.54. The van der Waals surface area contributed by atoms with Gasteiger partial charge in [0, 0.05) is 31.6 Å². The van der Waals surface area contributed by atoms with Gasteiger partial charge in [0.15, 0.2) is 5.82 Å². The number of nitrogens with zero attached hydrogens (tertiary/aromatic N) is 4. The van der Waals surface area contributed by atoms with Crippen molar-refractivity contribution in [2.24, 2.45) is 5.73 Å². The maximum atomic E-state index is 5.86. The van der Waals surface area contributed by atoms with E-state index < -0.39 is 0 Å². The quantitative estimate of drug-likeness (QED) is 0.756. The molecule has 0 bridgehead atoms. The van der Waals surface area contributed by atoms with Crippen molar-refractivity contribution in [3.05, 3.63) is 48.3 Å². The van der Waals surface area contributed by atoms with Crippen LogP contribution >= 0.6 is 0 Å². The molecule has 0 amide bonds. The summed E-state index contributed by atoms with van der Waals surface area (Å²) < 4.78 is 4.03. The fourth-order valence-electron chi connectivity index (χ4n) is 2.21. The molecular formula is C13H15N5. The largest absolute Gasteiger partial charge is 0.325 e. The SMILES string of the molecule is CCc1nccn1-c1nc2ccccn2c1CN. The van der Waals surface area contributed by atoms with Gasteiger partial charge in [-0.15, -0.1) is 0 Å². The molecule has 0 radical (unpaired) electrons. The third-order valence-electron chi connectivity index (χ3n) is 3.06. The molecule has 0 saturated carbocycles. The Morgan fingerprint density at radius 3 is 2.94 bits per heavy atom. The zero-order chi connectivity index (χ0) is 12.5. The van der Waals surface area contributed by atoms with E-state index in [1.165, 1.54) is 0 Å². The fourth-order valence-corrected chi connectivity index (χ4v) is 2.21. The van der Waals surface area contributed by atoms with Gasteiger partial charge >= 0.3 is 0 Å². The van der Waals surface area contributed by atoms with Crippen molar-refractivity contribution < 1.29 is 0 Å². The van der Waals surface area contributed by atoms with Gasteiger partial charge in [-0.25, -0.2) is 9.97 Å². The van der Waals surface area contributed by atoms with Gasteiger partial charge in [0.1, 0.15) is 11.5 Å². The van der Waals surface area contributed by atoms with E-state index in [0.717, 1.165) is 29.4 Å². The molecule has 0 aliphatic heterocycles. The molecule has 0 unspecified atom stereocenters. The maximum absolute atomic E-state index is 5.86. The molecule has 3 aromatic rings. The van der Waals surface area contributed by atoms with Crippen molar-refractivity contribution in [2.45, 2.75) is 19.9 Å². The summed E-state index contributed by atoms with van der Waals surface area (Å²) in [5.41, 5.74) is 7.77. The van der Waals surface area contributed by atoms with Crippen LogP contribution in [0.4, 0.5) is 0 Å². The van der Waals surface area contributed by atoms with Crippen LogP contribution in [0.15, 0.2) is 36.8 Å². The Morgan fingerprint density at radius 2 is 2.17 bits per heavy atom. The van der Waals surface area contributed by atoms with Crippen molar-refractivity contribution in [1.82, 2.24) is 18.9 Å². The van der Waals surface area contributed by atoms with Gasteiger partial charge in [0.05, 0.1) is 5.69 Å². The summed E-state index contributed by atoms with van der Waals surface area (Å²) in [6.07, 6.45) is 6.57. The summed E-state index contributed by atoms with van der Waals surface area (Å²) in [5.74, 6) is 1.87. The van der Waals surface area contributed by atoms with Gasteiger partial charge in [-0.1, -0.05) is 13.0 Å². The van der Waals surface area contributed by atoms with Crippen LogP contribution in [0.5, 0.6) is 0 Å².